The first-order valence-corrected chi connectivity index (χ1v) is 11.6. The molecule has 0 unspecified atom stereocenters. The number of para-hydroxylation sites is 2. The van der Waals surface area contributed by atoms with Crippen molar-refractivity contribution >= 4 is 40.4 Å². The molecule has 0 bridgehead atoms. The van der Waals surface area contributed by atoms with Gasteiger partial charge in [-0.25, -0.2) is 14.8 Å². The summed E-state index contributed by atoms with van der Waals surface area (Å²) >= 11 is 1.91. The number of hydrogen-bond acceptors (Lipinski definition) is 5. The summed E-state index contributed by atoms with van der Waals surface area (Å²) in [5.41, 5.74) is 2.60. The second-order valence-electron chi connectivity index (χ2n) is 7.92. The number of anilines is 1. The molecule has 0 aliphatic carbocycles. The van der Waals surface area contributed by atoms with Crippen LogP contribution in [0.3, 0.4) is 0 Å². The number of carbonyl (C=O) groups excluding carboxylic acids is 2. The Balaban J connectivity index is 1.09. The number of thioether (sulfide) groups is 1. The number of fused-ring (bicyclic) bond motifs is 2. The van der Waals surface area contributed by atoms with Crippen LogP contribution in [0.25, 0.3) is 16.9 Å². The second-order valence-corrected chi connectivity index (χ2v) is 9.20. The average Bonchev–Trinajstić information content (AvgIpc) is 3.46. The van der Waals surface area contributed by atoms with E-state index in [1.54, 1.807) is 12.5 Å². The van der Waals surface area contributed by atoms with Gasteiger partial charge in [-0.1, -0.05) is 18.6 Å². The van der Waals surface area contributed by atoms with Crippen LogP contribution < -0.4 is 16.0 Å². The molecule has 0 saturated carbocycles. The average molecular weight is 437 g/mol. The zero-order chi connectivity index (χ0) is 21.2. The first-order chi connectivity index (χ1) is 15.2. The summed E-state index contributed by atoms with van der Waals surface area (Å²) in [5, 5.41) is 9.32. The minimum Gasteiger partial charge on any atom is -0.332 e. The minimum absolute atomic E-state index is 0.00424. The maximum atomic E-state index is 12.3. The molecule has 2 fully saturated rings. The highest BCUT2D eigenvalue weighted by Gasteiger charge is 2.42. The van der Waals surface area contributed by atoms with Gasteiger partial charge in [0.25, 0.3) is 0 Å². The molecular formula is C22H24N6O2S. The van der Waals surface area contributed by atoms with Gasteiger partial charge in [0.2, 0.25) is 5.91 Å². The molecule has 3 aromatic rings. The predicted octanol–water partition coefficient (Wildman–Crippen LogP) is 3.08. The van der Waals surface area contributed by atoms with Gasteiger partial charge in [0, 0.05) is 17.4 Å². The van der Waals surface area contributed by atoms with E-state index in [0.29, 0.717) is 17.4 Å². The smallest absolute Gasteiger partial charge is 0.315 e. The Morgan fingerprint density at radius 1 is 1.16 bits per heavy atom. The lowest BCUT2D eigenvalue weighted by Crippen LogP contribution is -2.36. The van der Waals surface area contributed by atoms with Crippen LogP contribution in [0, 0.1) is 0 Å². The quantitative estimate of drug-likeness (QED) is 0.390. The summed E-state index contributed by atoms with van der Waals surface area (Å²) in [6, 6.07) is 12.1. The zero-order valence-electron chi connectivity index (χ0n) is 17.0. The highest BCUT2D eigenvalue weighted by molar-refractivity contribution is 8.00. The maximum Gasteiger partial charge on any atom is 0.315 e. The first-order valence-electron chi connectivity index (χ1n) is 10.5. The molecule has 2 saturated heterocycles. The van der Waals surface area contributed by atoms with Crippen LogP contribution in [0.1, 0.15) is 25.7 Å². The minimum atomic E-state index is -0.0551. The van der Waals surface area contributed by atoms with Crippen molar-refractivity contribution in [2.45, 2.75) is 43.0 Å². The number of unbranched alkanes of at least 4 members (excludes halogenated alkanes) is 1. The van der Waals surface area contributed by atoms with Crippen molar-refractivity contribution in [1.29, 1.82) is 0 Å². The molecule has 31 heavy (non-hydrogen) atoms. The van der Waals surface area contributed by atoms with Gasteiger partial charge in [-0.15, -0.1) is 0 Å². The summed E-state index contributed by atoms with van der Waals surface area (Å²) < 4.78 is 1.93. The zero-order valence-corrected chi connectivity index (χ0v) is 17.8. The number of nitrogens with one attached hydrogen (secondary N) is 3. The van der Waals surface area contributed by atoms with Gasteiger partial charge in [0.05, 0.1) is 35.0 Å². The normalized spacial score (nSPS) is 22.2. The van der Waals surface area contributed by atoms with Crippen LogP contribution in [0.15, 0.2) is 48.9 Å². The number of aromatic nitrogens is 3. The van der Waals surface area contributed by atoms with E-state index in [1.165, 1.54) is 0 Å². The van der Waals surface area contributed by atoms with E-state index < -0.39 is 0 Å². The molecular weight excluding hydrogens is 412 g/mol. The summed E-state index contributed by atoms with van der Waals surface area (Å²) in [4.78, 5) is 32.6. The number of benzene rings is 1. The summed E-state index contributed by atoms with van der Waals surface area (Å²) in [6.45, 7) is 0. The van der Waals surface area contributed by atoms with Crippen molar-refractivity contribution in [3.8, 4) is 5.82 Å². The predicted molar refractivity (Wildman–Crippen MR) is 121 cm³/mol. The third-order valence-corrected chi connectivity index (χ3v) is 7.32. The number of amides is 3. The SMILES string of the molecule is O=C(CCCC[C@@H]1SC[C@@H]2NC(=O)N[C@@H]21)Nc1ccc(-n2cnc3ccccc32)nc1. The van der Waals surface area contributed by atoms with Crippen molar-refractivity contribution in [3.63, 3.8) is 0 Å². The van der Waals surface area contributed by atoms with Gasteiger partial charge < -0.3 is 16.0 Å². The van der Waals surface area contributed by atoms with Crippen LogP contribution >= 0.6 is 11.8 Å². The molecule has 2 aliphatic rings. The van der Waals surface area contributed by atoms with E-state index in [-0.39, 0.29) is 24.0 Å². The number of pyridine rings is 1. The maximum absolute atomic E-state index is 12.3. The van der Waals surface area contributed by atoms with Gasteiger partial charge in [0.1, 0.15) is 12.1 Å². The fourth-order valence-corrected chi connectivity index (χ4v) is 5.79. The molecule has 3 amide bonds. The van der Waals surface area contributed by atoms with Gasteiger partial charge in [-0.05, 0) is 37.1 Å². The van der Waals surface area contributed by atoms with Crippen molar-refractivity contribution in [3.05, 3.63) is 48.9 Å². The van der Waals surface area contributed by atoms with Crippen molar-refractivity contribution in [2.75, 3.05) is 11.1 Å². The monoisotopic (exact) mass is 436 g/mol. The van der Waals surface area contributed by atoms with Crippen LogP contribution in [-0.4, -0.2) is 49.6 Å². The summed E-state index contributed by atoms with van der Waals surface area (Å²) in [6.07, 6.45) is 6.71. The Morgan fingerprint density at radius 2 is 2.06 bits per heavy atom. The number of nitrogens with zero attached hydrogens (tertiary/aromatic N) is 3. The van der Waals surface area contributed by atoms with E-state index >= 15 is 0 Å². The van der Waals surface area contributed by atoms with Crippen molar-refractivity contribution in [1.82, 2.24) is 25.2 Å². The molecule has 3 atom stereocenters. The molecule has 160 valence electrons. The van der Waals surface area contributed by atoms with Crippen LogP contribution in [0.4, 0.5) is 10.5 Å². The lowest BCUT2D eigenvalue weighted by Gasteiger charge is -2.16. The standard InChI is InChI=1S/C22H24N6O2S/c29-20(8-4-3-7-18-21-16(12-31-18)26-22(30)27-21)25-14-9-10-19(23-11-14)28-13-24-15-5-1-2-6-17(15)28/h1-2,5-6,9-11,13,16,18,21H,3-4,7-8,12H2,(H,25,29)(H2,26,27,30)/t16-,18-,21-/m0/s1. The molecule has 9 heteroatoms. The molecule has 3 N–H and O–H groups in total. The van der Waals surface area contributed by atoms with E-state index in [2.05, 4.69) is 25.9 Å². The molecule has 0 spiro atoms. The molecule has 2 aliphatic heterocycles. The second kappa shape index (κ2) is 8.58. The van der Waals surface area contributed by atoms with E-state index in [0.717, 1.165) is 41.9 Å². The van der Waals surface area contributed by atoms with Crippen LogP contribution in [-0.2, 0) is 4.79 Å². The Labute approximate surface area is 184 Å². The highest BCUT2D eigenvalue weighted by atomic mass is 32.2. The molecule has 8 nitrogen and oxygen atoms in total. The van der Waals surface area contributed by atoms with Gasteiger partial charge in [-0.2, -0.15) is 11.8 Å². The van der Waals surface area contributed by atoms with Crippen LogP contribution in [0.2, 0.25) is 0 Å². The summed E-state index contributed by atoms with van der Waals surface area (Å²) in [5.74, 6) is 1.72. The van der Waals surface area contributed by atoms with Gasteiger partial charge >= 0.3 is 6.03 Å². The number of carbonyl (C=O) groups is 2. The van der Waals surface area contributed by atoms with Crippen molar-refractivity contribution in [2.24, 2.45) is 0 Å². The topological polar surface area (TPSA) is 101 Å². The number of rotatable bonds is 7. The molecule has 4 heterocycles. The fraction of sp³-hybridized carbons (Fsp3) is 0.364. The Bertz CT molecular complexity index is 1100. The molecule has 5 rings (SSSR count). The fourth-order valence-electron chi connectivity index (χ4n) is 4.24. The largest absolute Gasteiger partial charge is 0.332 e. The summed E-state index contributed by atoms with van der Waals surface area (Å²) in [7, 11) is 0. The highest BCUT2D eigenvalue weighted by Crippen LogP contribution is 2.33. The van der Waals surface area contributed by atoms with E-state index in [9.17, 15) is 9.59 Å². The lowest BCUT2D eigenvalue weighted by atomic mass is 10.0. The molecule has 1 aromatic carbocycles. The molecule has 0 radical (unpaired) electrons. The lowest BCUT2D eigenvalue weighted by molar-refractivity contribution is -0.116. The number of hydrogen-bond donors (Lipinski definition) is 3. The number of urea groups is 1. The number of imidazole rings is 1. The van der Waals surface area contributed by atoms with E-state index in [4.69, 9.17) is 0 Å². The third kappa shape index (κ3) is 4.23. The Hall–Kier alpha value is -3.07. The van der Waals surface area contributed by atoms with Gasteiger partial charge in [0.15, 0.2) is 0 Å². The van der Waals surface area contributed by atoms with E-state index in [1.807, 2.05) is 52.7 Å². The van der Waals surface area contributed by atoms with Crippen LogP contribution in [0.5, 0.6) is 0 Å². The Morgan fingerprint density at radius 3 is 2.94 bits per heavy atom. The Kier molecular flexibility index (Phi) is 5.50. The van der Waals surface area contributed by atoms with Gasteiger partial charge in [-0.3, -0.25) is 9.36 Å². The molecule has 2 aromatic heterocycles. The first kappa shape index (κ1) is 19.9. The van der Waals surface area contributed by atoms with Crippen molar-refractivity contribution < 1.29 is 9.59 Å². The third-order valence-electron chi connectivity index (χ3n) is 5.81.